The zero-order chi connectivity index (χ0) is 17.9. The minimum Gasteiger partial charge on any atom is -0.394 e. The fraction of sp³-hybridized carbons (Fsp3) is 0.917. The number of aliphatic hydroxyl groups is 9. The van der Waals surface area contributed by atoms with Gasteiger partial charge in [-0.3, -0.25) is 4.79 Å². The molecule has 0 amide bonds. The Kier molecular flexibility index (Phi) is 6.97. The van der Waals surface area contributed by atoms with Gasteiger partial charge in [-0.25, -0.2) is 0 Å². The molecule has 1 aliphatic rings. The first-order valence-corrected chi connectivity index (χ1v) is 6.81. The van der Waals surface area contributed by atoms with Crippen LogP contribution >= 0.6 is 0 Å². The number of hydrogen-bond donors (Lipinski definition) is 9. The van der Waals surface area contributed by atoms with Gasteiger partial charge in [0.15, 0.2) is 5.60 Å². The van der Waals surface area contributed by atoms with Crippen molar-refractivity contribution in [2.45, 2.75) is 48.3 Å². The Morgan fingerprint density at radius 3 is 2.00 bits per heavy atom. The third-order valence-electron chi connectivity index (χ3n) is 3.88. The number of ether oxygens (including phenoxy) is 1. The topological polar surface area (TPSA) is 208 Å². The molecule has 23 heavy (non-hydrogen) atoms. The molecule has 1 aliphatic heterocycles. The molecular formula is C12H22O11. The highest BCUT2D eigenvalue weighted by Crippen LogP contribution is 2.32. The highest BCUT2D eigenvalue weighted by molar-refractivity contribution is 5.92. The van der Waals surface area contributed by atoms with Crippen molar-refractivity contribution < 1.29 is 55.5 Å². The average Bonchev–Trinajstić information content (AvgIpc) is 2.56. The maximum Gasteiger partial charge on any atom is 0.200 e. The van der Waals surface area contributed by atoms with E-state index in [2.05, 4.69) is 0 Å². The van der Waals surface area contributed by atoms with Gasteiger partial charge in [0.1, 0.15) is 42.7 Å². The van der Waals surface area contributed by atoms with Crippen LogP contribution in [0.4, 0.5) is 0 Å². The first-order valence-electron chi connectivity index (χ1n) is 6.81. The van der Waals surface area contributed by atoms with Crippen molar-refractivity contribution in [2.75, 3.05) is 19.8 Å². The Bertz CT molecular complexity index is 402. The largest absolute Gasteiger partial charge is 0.394 e. The fourth-order valence-corrected chi connectivity index (χ4v) is 2.45. The van der Waals surface area contributed by atoms with E-state index in [0.29, 0.717) is 0 Å². The van der Waals surface area contributed by atoms with Gasteiger partial charge in [-0.1, -0.05) is 0 Å². The minimum absolute atomic E-state index is 0.858. The number of hydrogen-bond acceptors (Lipinski definition) is 11. The Labute approximate surface area is 130 Å². The molecule has 0 unspecified atom stereocenters. The van der Waals surface area contributed by atoms with Crippen LogP contribution in [-0.4, -0.2) is 120 Å². The van der Waals surface area contributed by atoms with Crippen molar-refractivity contribution in [3.05, 3.63) is 0 Å². The molecule has 0 aromatic rings. The van der Waals surface area contributed by atoms with Crippen LogP contribution < -0.4 is 0 Å². The second kappa shape index (κ2) is 7.90. The van der Waals surface area contributed by atoms with E-state index in [4.69, 9.17) is 20.1 Å². The number of aliphatic hydroxyl groups excluding tert-OH is 8. The summed E-state index contributed by atoms with van der Waals surface area (Å²) in [5.41, 5.74) is -3.12. The first-order chi connectivity index (χ1) is 10.7. The van der Waals surface area contributed by atoms with E-state index in [1.54, 1.807) is 0 Å². The molecule has 0 saturated carbocycles. The molecule has 1 saturated heterocycles. The molecule has 1 fully saturated rings. The normalized spacial score (nSPS) is 37.0. The summed E-state index contributed by atoms with van der Waals surface area (Å²) in [5, 5.41) is 85.9. The number of ketones is 1. The molecule has 136 valence electrons. The molecule has 0 bridgehead atoms. The maximum atomic E-state index is 12.1. The van der Waals surface area contributed by atoms with Crippen LogP contribution in [0.2, 0.25) is 0 Å². The summed E-state index contributed by atoms with van der Waals surface area (Å²) in [4.78, 5) is 12.1. The molecule has 0 spiro atoms. The summed E-state index contributed by atoms with van der Waals surface area (Å²) in [6, 6.07) is 0. The summed E-state index contributed by atoms with van der Waals surface area (Å²) in [6.45, 7) is -3.17. The Balaban J connectivity index is 3.27. The van der Waals surface area contributed by atoms with Gasteiger partial charge in [0.05, 0.1) is 19.8 Å². The van der Waals surface area contributed by atoms with E-state index < -0.39 is 73.9 Å². The molecule has 8 atom stereocenters. The number of Topliss-reactive ketones (excluding diaryl/α,β-unsaturated/α-hetero) is 1. The first kappa shape index (κ1) is 20.3. The highest BCUT2D eigenvalue weighted by atomic mass is 16.6. The predicted octanol–water partition coefficient (Wildman–Crippen LogP) is -6.16. The predicted molar refractivity (Wildman–Crippen MR) is 69.9 cm³/mol. The Hall–Kier alpha value is -0.730. The molecular weight excluding hydrogens is 320 g/mol. The monoisotopic (exact) mass is 342 g/mol. The molecule has 0 aliphatic carbocycles. The van der Waals surface area contributed by atoms with E-state index in [-0.39, 0.29) is 0 Å². The van der Waals surface area contributed by atoms with Crippen molar-refractivity contribution in [1.29, 1.82) is 0 Å². The third kappa shape index (κ3) is 3.53. The van der Waals surface area contributed by atoms with Gasteiger partial charge in [-0.2, -0.15) is 0 Å². The summed E-state index contributed by atoms with van der Waals surface area (Å²) < 4.78 is 4.99. The number of rotatable bonds is 7. The average molecular weight is 342 g/mol. The SMILES string of the molecule is O=C([C@H](O)CO)[C@](O)([C@H](O)CO)[C@@H]1O[C@H](CO)[C@H](O)[C@H](O)[C@H]1O. The summed E-state index contributed by atoms with van der Waals surface area (Å²) in [7, 11) is 0. The van der Waals surface area contributed by atoms with Crippen molar-refractivity contribution in [3.8, 4) is 0 Å². The zero-order valence-electron chi connectivity index (χ0n) is 12.0. The van der Waals surface area contributed by atoms with E-state index in [0.717, 1.165) is 0 Å². The van der Waals surface area contributed by atoms with Gasteiger partial charge >= 0.3 is 0 Å². The second-order valence-electron chi connectivity index (χ2n) is 5.34. The third-order valence-corrected chi connectivity index (χ3v) is 3.88. The summed E-state index contributed by atoms with van der Waals surface area (Å²) in [5.74, 6) is -1.58. The van der Waals surface area contributed by atoms with Gasteiger partial charge in [-0.15, -0.1) is 0 Å². The standard InChI is InChI=1S/C12H22O11/c13-1-4(16)10(21)12(22,6(17)3-15)11-9(20)8(19)7(18)5(2-14)23-11/h4-9,11,13-20,22H,1-3H2/t4-,5-,6-,7+,8+,9-,11-,12-/m1/s1. The van der Waals surface area contributed by atoms with Crippen LogP contribution in [0, 0.1) is 0 Å². The molecule has 11 nitrogen and oxygen atoms in total. The van der Waals surface area contributed by atoms with Crippen LogP contribution in [-0.2, 0) is 9.53 Å². The van der Waals surface area contributed by atoms with Gasteiger partial charge in [0, 0.05) is 0 Å². The lowest BCUT2D eigenvalue weighted by Crippen LogP contribution is -2.72. The minimum atomic E-state index is -3.12. The van der Waals surface area contributed by atoms with Crippen LogP contribution in [0.15, 0.2) is 0 Å². The molecule has 0 aromatic heterocycles. The lowest BCUT2D eigenvalue weighted by Gasteiger charge is -2.47. The molecule has 0 aromatic carbocycles. The molecule has 1 rings (SSSR count). The number of carbonyl (C=O) groups is 1. The van der Waals surface area contributed by atoms with E-state index in [1.807, 2.05) is 0 Å². The molecule has 0 radical (unpaired) electrons. The lowest BCUT2D eigenvalue weighted by atomic mass is 9.77. The van der Waals surface area contributed by atoms with Gasteiger partial charge in [0.2, 0.25) is 5.78 Å². The maximum absolute atomic E-state index is 12.1. The zero-order valence-corrected chi connectivity index (χ0v) is 12.0. The van der Waals surface area contributed by atoms with Crippen LogP contribution in [0.1, 0.15) is 0 Å². The van der Waals surface area contributed by atoms with Crippen molar-refractivity contribution in [2.24, 2.45) is 0 Å². The van der Waals surface area contributed by atoms with E-state index in [1.165, 1.54) is 0 Å². The summed E-state index contributed by atoms with van der Waals surface area (Å²) in [6.07, 6.45) is -13.9. The Morgan fingerprint density at radius 2 is 1.57 bits per heavy atom. The summed E-state index contributed by atoms with van der Waals surface area (Å²) >= 11 is 0. The highest BCUT2D eigenvalue weighted by Gasteiger charge is 2.59. The van der Waals surface area contributed by atoms with Crippen LogP contribution in [0.3, 0.4) is 0 Å². The van der Waals surface area contributed by atoms with E-state index in [9.17, 15) is 35.4 Å². The van der Waals surface area contributed by atoms with E-state index >= 15 is 0 Å². The smallest absolute Gasteiger partial charge is 0.200 e. The van der Waals surface area contributed by atoms with Gasteiger partial charge in [0.25, 0.3) is 0 Å². The second-order valence-corrected chi connectivity index (χ2v) is 5.34. The van der Waals surface area contributed by atoms with Gasteiger partial charge < -0.3 is 50.7 Å². The van der Waals surface area contributed by atoms with Crippen molar-refractivity contribution in [1.82, 2.24) is 0 Å². The fourth-order valence-electron chi connectivity index (χ4n) is 2.45. The molecule has 1 heterocycles. The van der Waals surface area contributed by atoms with Crippen molar-refractivity contribution in [3.63, 3.8) is 0 Å². The van der Waals surface area contributed by atoms with Crippen LogP contribution in [0.5, 0.6) is 0 Å². The van der Waals surface area contributed by atoms with Crippen molar-refractivity contribution >= 4 is 5.78 Å². The molecule has 11 heteroatoms. The number of carbonyl (C=O) groups excluding carboxylic acids is 1. The van der Waals surface area contributed by atoms with Crippen LogP contribution in [0.25, 0.3) is 0 Å². The molecule has 9 N–H and O–H groups in total. The quantitative estimate of drug-likeness (QED) is 0.212. The lowest BCUT2D eigenvalue weighted by molar-refractivity contribution is -0.281. The Morgan fingerprint density at radius 1 is 1.00 bits per heavy atom. The van der Waals surface area contributed by atoms with Gasteiger partial charge in [-0.05, 0) is 0 Å².